The lowest BCUT2D eigenvalue weighted by molar-refractivity contribution is -0.145. The van der Waals surface area contributed by atoms with Crippen molar-refractivity contribution in [2.75, 3.05) is 0 Å². The number of alkyl halides is 6. The first kappa shape index (κ1) is 11.6. The third kappa shape index (κ3) is 1.89. The molecule has 0 aliphatic carbocycles. The minimum absolute atomic E-state index is 0.0167. The molecule has 92 valence electrons. The summed E-state index contributed by atoms with van der Waals surface area (Å²) in [5.74, 6) is 0. The lowest BCUT2D eigenvalue weighted by atomic mass is 10.2. The average Bonchev–Trinajstić information content (AvgIpc) is 2.60. The molecule has 0 aliphatic heterocycles. The molecule has 2 aromatic heterocycles. The van der Waals surface area contributed by atoms with Gasteiger partial charge in [-0.05, 0) is 22.6 Å². The molecule has 0 radical (unpaired) electrons. The van der Waals surface area contributed by atoms with E-state index in [1.54, 1.807) is 0 Å². The van der Waals surface area contributed by atoms with E-state index in [1.165, 1.54) is 0 Å². The van der Waals surface area contributed by atoms with Gasteiger partial charge in [0.15, 0.2) is 5.65 Å². The fourth-order valence-corrected chi connectivity index (χ4v) is 1.26. The van der Waals surface area contributed by atoms with Crippen LogP contribution < -0.4 is 0 Å². The summed E-state index contributed by atoms with van der Waals surface area (Å²) in [5, 5.41) is 8.65. The monoisotopic (exact) mass is 256 g/mol. The molecule has 0 aromatic carbocycles. The quantitative estimate of drug-likeness (QED) is 0.678. The van der Waals surface area contributed by atoms with Gasteiger partial charge in [-0.15, -0.1) is 5.10 Å². The molecule has 2 rings (SSSR count). The number of nitrogens with zero attached hydrogens (tertiary/aromatic N) is 4. The third-order valence-corrected chi connectivity index (χ3v) is 1.94. The highest BCUT2D eigenvalue weighted by atomic mass is 19.4. The minimum atomic E-state index is -4.84. The van der Waals surface area contributed by atoms with Crippen LogP contribution in [0.3, 0.4) is 0 Å². The van der Waals surface area contributed by atoms with Crippen molar-refractivity contribution < 1.29 is 26.3 Å². The van der Waals surface area contributed by atoms with Crippen LogP contribution in [-0.2, 0) is 12.4 Å². The maximum atomic E-state index is 12.4. The summed E-state index contributed by atoms with van der Waals surface area (Å²) in [7, 11) is 0. The predicted molar refractivity (Wildman–Crippen MR) is 40.8 cm³/mol. The van der Waals surface area contributed by atoms with Crippen molar-refractivity contribution >= 4 is 5.65 Å². The maximum absolute atomic E-state index is 12.4. The molecule has 0 N–H and O–H groups in total. The summed E-state index contributed by atoms with van der Waals surface area (Å²) in [5.41, 5.74) is -3.67. The molecule has 0 spiro atoms. The fourth-order valence-electron chi connectivity index (χ4n) is 1.26. The number of aromatic nitrogens is 4. The number of hydrogen-bond donors (Lipinski definition) is 0. The predicted octanol–water partition coefficient (Wildman–Crippen LogP) is 2.16. The van der Waals surface area contributed by atoms with Gasteiger partial charge in [-0.2, -0.15) is 30.9 Å². The molecule has 0 fully saturated rings. The largest absolute Gasteiger partial charge is 0.433 e. The SMILES string of the molecule is FC(F)(F)c1ccc(C(F)(F)F)n2nnnc12. The van der Waals surface area contributed by atoms with Crippen molar-refractivity contribution in [3.8, 4) is 0 Å². The van der Waals surface area contributed by atoms with Crippen molar-refractivity contribution in [3.05, 3.63) is 23.4 Å². The van der Waals surface area contributed by atoms with Crippen molar-refractivity contribution in [1.82, 2.24) is 20.0 Å². The topological polar surface area (TPSA) is 43.1 Å². The Morgan fingerprint density at radius 2 is 1.59 bits per heavy atom. The Morgan fingerprint density at radius 3 is 2.12 bits per heavy atom. The van der Waals surface area contributed by atoms with Crippen molar-refractivity contribution in [1.29, 1.82) is 0 Å². The summed E-state index contributed by atoms with van der Waals surface area (Å²) in [6, 6.07) is 0.584. The molecule has 0 amide bonds. The molecule has 0 aliphatic rings. The first-order valence-corrected chi connectivity index (χ1v) is 4.07. The Labute approximate surface area is 88.8 Å². The summed E-state index contributed by atoms with van der Waals surface area (Å²) in [6.45, 7) is 0. The molecule has 0 bridgehead atoms. The highest BCUT2D eigenvalue weighted by Crippen LogP contribution is 2.35. The lowest BCUT2D eigenvalue weighted by Gasteiger charge is -2.11. The van der Waals surface area contributed by atoms with Crippen LogP contribution in [0.25, 0.3) is 5.65 Å². The average molecular weight is 256 g/mol. The van der Waals surface area contributed by atoms with Gasteiger partial charge < -0.3 is 0 Å². The molecule has 10 heteroatoms. The van der Waals surface area contributed by atoms with Gasteiger partial charge in [0, 0.05) is 0 Å². The van der Waals surface area contributed by atoms with E-state index in [0.29, 0.717) is 6.07 Å². The highest BCUT2D eigenvalue weighted by Gasteiger charge is 2.39. The molecule has 0 saturated heterocycles. The van der Waals surface area contributed by atoms with Crippen LogP contribution in [0.4, 0.5) is 26.3 Å². The maximum Gasteiger partial charge on any atom is 0.433 e. The zero-order chi connectivity index (χ0) is 12.8. The van der Waals surface area contributed by atoms with Gasteiger partial charge in [0.2, 0.25) is 0 Å². The Balaban J connectivity index is 2.76. The molecular weight excluding hydrogens is 254 g/mol. The number of tetrazole rings is 1. The molecule has 0 atom stereocenters. The van der Waals surface area contributed by atoms with Crippen molar-refractivity contribution in [3.63, 3.8) is 0 Å². The standard InChI is InChI=1S/C7H2F6N4/c8-6(9,10)3-1-2-4(7(11,12)13)17-5(3)14-15-16-17/h1-2H. The molecular formula is C7H2F6N4. The molecule has 2 aromatic rings. The number of pyridine rings is 1. The van der Waals surface area contributed by atoms with E-state index >= 15 is 0 Å². The van der Waals surface area contributed by atoms with Crippen LogP contribution in [0.15, 0.2) is 12.1 Å². The smallest absolute Gasteiger partial charge is 0.188 e. The molecule has 4 nitrogen and oxygen atoms in total. The summed E-state index contributed by atoms with van der Waals surface area (Å²) < 4.78 is 74.6. The van der Waals surface area contributed by atoms with E-state index in [-0.39, 0.29) is 10.6 Å². The molecule has 0 unspecified atom stereocenters. The van der Waals surface area contributed by atoms with E-state index in [4.69, 9.17) is 0 Å². The second-order valence-electron chi connectivity index (χ2n) is 3.04. The first-order valence-electron chi connectivity index (χ1n) is 4.07. The number of halogens is 6. The summed E-state index contributed by atoms with van der Waals surface area (Å²) >= 11 is 0. The van der Waals surface area contributed by atoms with Gasteiger partial charge >= 0.3 is 12.4 Å². The minimum Gasteiger partial charge on any atom is -0.188 e. The van der Waals surface area contributed by atoms with Crippen LogP contribution >= 0.6 is 0 Å². The zero-order valence-corrected chi connectivity index (χ0v) is 7.71. The van der Waals surface area contributed by atoms with Gasteiger partial charge in [-0.3, -0.25) is 0 Å². The molecule has 2 heterocycles. The van der Waals surface area contributed by atoms with E-state index in [1.807, 2.05) is 0 Å². The van der Waals surface area contributed by atoms with Gasteiger partial charge in [0.05, 0.1) is 0 Å². The Bertz CT molecular complexity index is 505. The second kappa shape index (κ2) is 3.31. The second-order valence-corrected chi connectivity index (χ2v) is 3.04. The number of rotatable bonds is 0. The first-order chi connectivity index (χ1) is 7.71. The van der Waals surface area contributed by atoms with Crippen LogP contribution in [0.1, 0.15) is 11.3 Å². The molecule has 17 heavy (non-hydrogen) atoms. The highest BCUT2D eigenvalue weighted by molar-refractivity contribution is 5.49. The van der Waals surface area contributed by atoms with Crippen LogP contribution in [0, 0.1) is 0 Å². The third-order valence-electron chi connectivity index (χ3n) is 1.94. The Hall–Kier alpha value is -1.87. The summed E-state index contributed by atoms with van der Waals surface area (Å²) in [4.78, 5) is 0. The van der Waals surface area contributed by atoms with Crippen LogP contribution in [0.5, 0.6) is 0 Å². The zero-order valence-electron chi connectivity index (χ0n) is 7.71. The van der Waals surface area contributed by atoms with E-state index in [9.17, 15) is 26.3 Å². The van der Waals surface area contributed by atoms with Crippen LogP contribution in [-0.4, -0.2) is 20.0 Å². The van der Waals surface area contributed by atoms with Gasteiger partial charge in [-0.25, -0.2) is 0 Å². The summed E-state index contributed by atoms with van der Waals surface area (Å²) in [6.07, 6.45) is -9.65. The normalized spacial score (nSPS) is 13.3. The van der Waals surface area contributed by atoms with Crippen LogP contribution in [0.2, 0.25) is 0 Å². The van der Waals surface area contributed by atoms with Gasteiger partial charge in [0.25, 0.3) is 0 Å². The van der Waals surface area contributed by atoms with Gasteiger partial charge in [0.1, 0.15) is 11.3 Å². The van der Waals surface area contributed by atoms with E-state index in [2.05, 4.69) is 15.5 Å². The number of hydrogen-bond acceptors (Lipinski definition) is 3. The Morgan fingerprint density at radius 1 is 0.941 bits per heavy atom. The van der Waals surface area contributed by atoms with E-state index < -0.39 is 29.3 Å². The van der Waals surface area contributed by atoms with Crippen molar-refractivity contribution in [2.45, 2.75) is 12.4 Å². The number of fused-ring (bicyclic) bond motifs is 1. The lowest BCUT2D eigenvalue weighted by Crippen LogP contribution is -2.16. The van der Waals surface area contributed by atoms with Gasteiger partial charge in [-0.1, -0.05) is 0 Å². The fraction of sp³-hybridized carbons (Fsp3) is 0.286. The van der Waals surface area contributed by atoms with Crippen molar-refractivity contribution in [2.24, 2.45) is 0 Å². The molecule has 0 saturated carbocycles. The van der Waals surface area contributed by atoms with E-state index in [0.717, 1.165) is 0 Å². The Kier molecular flexibility index (Phi) is 2.26.